The lowest BCUT2D eigenvalue weighted by atomic mass is 10.1. The van der Waals surface area contributed by atoms with Gasteiger partial charge in [0.25, 0.3) is 33.4 Å². The summed E-state index contributed by atoms with van der Waals surface area (Å²) in [5.41, 5.74) is 12.6. The molecular formula is C60H66F3N27O33P6S6. The predicted octanol–water partition coefficient (Wildman–Crippen LogP) is -3.44. The Bertz CT molecular complexity index is 6700. The average Bonchev–Trinajstić information content (AvgIpc) is 1.63. The molecule has 9 fully saturated rings. The molecule has 135 heavy (non-hydrogen) atoms. The Hall–Kier alpha value is -7.92. The maximum atomic E-state index is 16.0. The number of H-pyrrole nitrogens is 6. The molecule has 30 atom stereocenters. The van der Waals surface area contributed by atoms with E-state index < -0.39 is 261 Å². The van der Waals surface area contributed by atoms with Crippen LogP contribution in [0.15, 0.2) is 85.7 Å². The van der Waals surface area contributed by atoms with Gasteiger partial charge in [-0.15, -0.1) is 0 Å². The van der Waals surface area contributed by atoms with Gasteiger partial charge in [0, 0.05) is 0 Å². The van der Waals surface area contributed by atoms with Gasteiger partial charge in [0.2, 0.25) is 17.8 Å². The molecule has 6 unspecified atom stereocenters. The molecule has 0 amide bonds. The van der Waals surface area contributed by atoms with Gasteiger partial charge in [0.05, 0.1) is 96.6 Å². The monoisotopic (exact) mass is 2130 g/mol. The quantitative estimate of drug-likeness (QED) is 0.0569. The van der Waals surface area contributed by atoms with E-state index in [0.717, 1.165) is 58.0 Å². The van der Waals surface area contributed by atoms with Crippen molar-refractivity contribution in [3.8, 4) is 0 Å². The number of thiol groups is 1. The number of nitrogen functional groups attached to an aromatic ring is 3. The van der Waals surface area contributed by atoms with Gasteiger partial charge >= 0.3 is 40.4 Å². The van der Waals surface area contributed by atoms with E-state index in [9.17, 15) is 73.1 Å². The first kappa shape index (κ1) is 96.0. The van der Waals surface area contributed by atoms with E-state index in [-0.39, 0.29) is 84.8 Å². The van der Waals surface area contributed by atoms with Crippen LogP contribution in [0, 0.1) is 0 Å². The summed E-state index contributed by atoms with van der Waals surface area (Å²) in [6.07, 6.45) is -26.6. The third-order valence-corrected chi connectivity index (χ3v) is 31.2. The van der Waals surface area contributed by atoms with E-state index in [1.807, 2.05) is 0 Å². The number of alkyl halides is 3. The van der Waals surface area contributed by atoms with Crippen molar-refractivity contribution in [1.82, 2.24) is 117 Å². The van der Waals surface area contributed by atoms with E-state index in [0.29, 0.717) is 0 Å². The highest BCUT2D eigenvalue weighted by atomic mass is 32.7. The van der Waals surface area contributed by atoms with Gasteiger partial charge in [-0.3, -0.25) is 103 Å². The van der Waals surface area contributed by atoms with Gasteiger partial charge in [-0.1, -0.05) is 12.2 Å². The van der Waals surface area contributed by atoms with Gasteiger partial charge in [0.1, 0.15) is 91.6 Å². The second kappa shape index (κ2) is 36.6. The molecule has 0 spiro atoms. The molecule has 12 aromatic rings. The molecule has 6 bridgehead atoms. The Morgan fingerprint density at radius 1 is 0.333 bits per heavy atom. The molecular weight excluding hydrogens is 2060 g/mol. The van der Waals surface area contributed by atoms with Crippen LogP contribution in [0.25, 0.3) is 67.0 Å². The number of nitrogens with zero attached hydrogens (tertiary/aromatic N) is 18. The first-order valence-corrected chi connectivity index (χ1v) is 54.3. The smallest absolute Gasteiger partial charge is 0.386 e. The fourth-order valence-electron chi connectivity index (χ4n) is 15.8. The number of ether oxygens (including phenoxy) is 6. The van der Waals surface area contributed by atoms with Crippen molar-refractivity contribution in [3.63, 3.8) is 0 Å². The standard InChI is InChI=1S/3C20H22FN9O11P2S2/c3*21-8-12-7(39-18(8)29-4-25-9-14(29)23-3-24-16(9)32)2-37-43(35,45)41-13-11(31)6(1-36-42(34,44)40-12)38-19(13)30-5-26-10-15(30)27-20(22)28-17(10)33/h3*3-8,11-13,18-19,31H,1-2H2,(H,34,44)(H,35,45)(H,23,24,32)(H3,22,27,28,33)/t3*6-,7-,8+,11-,12-,13-,18-,19-,42?,43?/m111/s1. The lowest BCUT2D eigenvalue weighted by molar-refractivity contribution is -0.0602. The summed E-state index contributed by atoms with van der Waals surface area (Å²) < 4.78 is 170. The zero-order valence-electron chi connectivity index (χ0n) is 66.7. The van der Waals surface area contributed by atoms with Crippen LogP contribution in [0.4, 0.5) is 31.0 Å². The summed E-state index contributed by atoms with van der Waals surface area (Å²) >= 11 is 29.9. The summed E-state index contributed by atoms with van der Waals surface area (Å²) in [6, 6.07) is 0. The highest BCUT2D eigenvalue weighted by Gasteiger charge is 2.59. The highest BCUT2D eigenvalue weighted by Crippen LogP contribution is 2.61. The van der Waals surface area contributed by atoms with E-state index in [2.05, 4.69) is 102 Å². The lowest BCUT2D eigenvalue weighted by Gasteiger charge is -2.27. The number of hydrogen-bond acceptors (Lipinski definition) is 48. The van der Waals surface area contributed by atoms with Crippen LogP contribution < -0.4 is 50.6 Å². The molecule has 21 heterocycles. The number of rotatable bonds is 6. The fraction of sp³-hybridized carbons (Fsp3) is 0.500. The van der Waals surface area contributed by atoms with E-state index in [4.69, 9.17) is 159 Å². The first-order valence-electron chi connectivity index (χ1n) is 38.7. The van der Waals surface area contributed by atoms with Crippen LogP contribution in [0.1, 0.15) is 37.4 Å². The van der Waals surface area contributed by atoms with Crippen LogP contribution in [0.2, 0.25) is 0 Å². The molecule has 9 saturated heterocycles. The summed E-state index contributed by atoms with van der Waals surface area (Å²) in [6.45, 7) is -29.7. The molecule has 9 aliphatic rings. The topological polar surface area (TPSA) is 805 Å². The first-order chi connectivity index (χ1) is 63.9. The minimum absolute atomic E-state index is 0.00423. The molecule has 0 saturated carbocycles. The molecule has 0 aromatic carbocycles. The molecule has 726 valence electrons. The molecule has 21 rings (SSSR count). The van der Waals surface area contributed by atoms with E-state index in [1.54, 1.807) is 0 Å². The van der Waals surface area contributed by atoms with Crippen LogP contribution in [0.3, 0.4) is 0 Å². The molecule has 20 N–H and O–H groups in total. The van der Waals surface area contributed by atoms with Crippen LogP contribution in [-0.4, -0.2) is 307 Å². The van der Waals surface area contributed by atoms with Crippen molar-refractivity contribution in [1.29, 1.82) is 0 Å². The number of imidazole rings is 6. The summed E-state index contributed by atoms with van der Waals surface area (Å²) in [5, 5.41) is 33.4. The zero-order chi connectivity index (χ0) is 95.5. The van der Waals surface area contributed by atoms with Gasteiger partial charge < -0.3 is 123 Å². The number of hydrogen-bond donors (Lipinski definition) is 18. The number of nitrogens with two attached hydrogens (primary N) is 3. The van der Waals surface area contributed by atoms with Crippen LogP contribution >= 0.6 is 52.6 Å². The second-order valence-electron chi connectivity index (χ2n) is 30.2. The lowest BCUT2D eigenvalue weighted by Crippen LogP contribution is -2.35. The Labute approximate surface area is 772 Å². The van der Waals surface area contributed by atoms with Crippen molar-refractivity contribution in [2.45, 2.75) is 147 Å². The number of anilines is 3. The number of aliphatic hydroxyl groups is 3. The zero-order valence-corrected chi connectivity index (χ0v) is 77.0. The molecule has 60 nitrogen and oxygen atoms in total. The Morgan fingerprint density at radius 2 is 0.556 bits per heavy atom. The SMILES string of the molecule is Nc1nc2c(ncn2[C@@H]2O[C@@H]3COP(O)(=S)O[C@H]4[C@H](F)[C@H](n5cnc6c(=O)[nH]cnc65)O[C@@H]4COP(=O)(S)O[C@@H]2[C@@H]3O)c(=O)[nH]1.Nc1nc2c(ncn2[C@@H]2O[C@@H]3COP(O)(=S)O[C@H]4[C@H](F)[C@H](n5cnc6c(=O)[nH]cnc65)O[C@@H]4COP(O)(=S)O[C@@H]2[C@@H]3O)c(=O)[nH]1.Nc1nc2c(ncn2[C@@H]2O[C@@H]3COP(O)(=S)O[C@H]4[C@H](F)[C@H](n5cnc6c(=O)[nH]cnc65)O[C@@H]4COP(O)(=S)O[C@@H]2[C@@H]3O)c(=O)[nH]1. The summed E-state index contributed by atoms with van der Waals surface area (Å²) in [5.74, 6) is -0.707. The van der Waals surface area contributed by atoms with Crippen molar-refractivity contribution in [2.24, 2.45) is 0 Å². The van der Waals surface area contributed by atoms with Crippen LogP contribution in [-0.2, 0) is 146 Å². The third-order valence-electron chi connectivity index (χ3n) is 21.8. The maximum absolute atomic E-state index is 16.0. The van der Waals surface area contributed by atoms with Gasteiger partial charge in [0.15, 0.2) is 123 Å². The van der Waals surface area contributed by atoms with Gasteiger partial charge in [-0.2, -0.15) is 15.0 Å². The summed E-state index contributed by atoms with van der Waals surface area (Å²) in [4.78, 5) is 190. The predicted molar refractivity (Wildman–Crippen MR) is 462 cm³/mol. The molecule has 0 aliphatic carbocycles. The van der Waals surface area contributed by atoms with Gasteiger partial charge in [-0.05, 0) is 59.0 Å². The number of aromatic amines is 6. The Kier molecular flexibility index (Phi) is 26.0. The molecule has 75 heteroatoms. The van der Waals surface area contributed by atoms with Gasteiger partial charge in [-0.25, -0.2) is 62.6 Å². The Morgan fingerprint density at radius 3 is 0.830 bits per heavy atom. The van der Waals surface area contributed by atoms with E-state index >= 15 is 13.2 Å². The normalized spacial score (nSPS) is 37.7. The largest absolute Gasteiger partial charge is 0.387 e. The molecule has 9 aliphatic heterocycles. The summed E-state index contributed by atoms with van der Waals surface area (Å²) in [7, 11) is 0. The Balaban J connectivity index is 0.000000130. The maximum Gasteiger partial charge on any atom is 0.386 e. The number of fused-ring (bicyclic) bond motifs is 15. The van der Waals surface area contributed by atoms with Crippen molar-refractivity contribution < 1.29 is 140 Å². The van der Waals surface area contributed by atoms with Crippen molar-refractivity contribution in [2.75, 3.05) is 56.8 Å². The number of halogens is 3. The number of nitrogens with one attached hydrogen (secondary N) is 6. The molecule has 0 radical (unpaired) electrons. The highest BCUT2D eigenvalue weighted by molar-refractivity contribution is 8.44. The fourth-order valence-corrected chi connectivity index (χ4v) is 24.4. The second-order valence-corrected chi connectivity index (χ2v) is 47.0. The molecule has 12 aromatic heterocycles. The minimum Gasteiger partial charge on any atom is -0.387 e. The number of aliphatic hydroxyl groups excluding tert-OH is 3. The van der Waals surface area contributed by atoms with Crippen LogP contribution in [0.5, 0.6) is 0 Å². The average molecular weight is 2130 g/mol. The van der Waals surface area contributed by atoms with Crippen molar-refractivity contribution in [3.05, 3.63) is 119 Å². The van der Waals surface area contributed by atoms with E-state index in [1.165, 1.54) is 26.4 Å². The third kappa shape index (κ3) is 18.7. The van der Waals surface area contributed by atoms with Crippen molar-refractivity contribution >= 4 is 197 Å². The number of aromatic nitrogens is 24. The minimum atomic E-state index is -4.43.